The van der Waals surface area contributed by atoms with Crippen molar-refractivity contribution >= 4 is 17.6 Å². The number of nitrogens with one attached hydrogen (secondary N) is 1. The molecule has 1 fully saturated rings. The minimum Gasteiger partial charge on any atom is -0.366 e. The van der Waals surface area contributed by atoms with E-state index < -0.39 is 0 Å². The van der Waals surface area contributed by atoms with Gasteiger partial charge < -0.3 is 5.32 Å². The average Bonchev–Trinajstić information content (AvgIpc) is 2.63. The highest BCUT2D eigenvalue weighted by Crippen LogP contribution is 2.31. The summed E-state index contributed by atoms with van der Waals surface area (Å²) in [6, 6.07) is 12.6. The molecule has 0 unspecified atom stereocenters. The van der Waals surface area contributed by atoms with Gasteiger partial charge in [0, 0.05) is 11.6 Å². The summed E-state index contributed by atoms with van der Waals surface area (Å²) in [4.78, 5) is 9.19. The fraction of sp³-hybridized carbons (Fsp3) is 0.421. The third-order valence-corrected chi connectivity index (χ3v) is 5.21. The van der Waals surface area contributed by atoms with Crippen LogP contribution in [0.25, 0.3) is 11.3 Å². The molecule has 0 spiro atoms. The Hall–Kier alpha value is -2.06. The van der Waals surface area contributed by atoms with E-state index in [0.717, 1.165) is 12.0 Å². The summed E-state index contributed by atoms with van der Waals surface area (Å²) in [6.07, 6.45) is 6.84. The first-order chi connectivity index (χ1) is 11.7. The highest BCUT2D eigenvalue weighted by molar-refractivity contribution is 7.98. The van der Waals surface area contributed by atoms with Gasteiger partial charge in [-0.25, -0.2) is 9.97 Å². The van der Waals surface area contributed by atoms with Gasteiger partial charge in [0.2, 0.25) is 0 Å². The van der Waals surface area contributed by atoms with E-state index in [1.54, 1.807) is 0 Å². The van der Waals surface area contributed by atoms with Gasteiger partial charge in [-0.3, -0.25) is 0 Å². The van der Waals surface area contributed by atoms with Crippen molar-refractivity contribution in [2.24, 2.45) is 5.92 Å². The van der Waals surface area contributed by atoms with Crippen LogP contribution in [-0.2, 0) is 0 Å². The lowest BCUT2D eigenvalue weighted by atomic mass is 9.86. The number of aromatic nitrogens is 2. The van der Waals surface area contributed by atoms with Gasteiger partial charge in [-0.1, -0.05) is 61.9 Å². The van der Waals surface area contributed by atoms with Crippen LogP contribution in [0.15, 0.2) is 35.5 Å². The second-order valence-corrected chi connectivity index (χ2v) is 7.05. The zero-order valence-corrected chi connectivity index (χ0v) is 14.9. The Bertz CT molecular complexity index is 739. The molecule has 3 rings (SSSR count). The maximum absolute atomic E-state index is 9.74. The van der Waals surface area contributed by atoms with Crippen molar-refractivity contribution in [1.29, 1.82) is 5.26 Å². The fourth-order valence-electron chi connectivity index (χ4n) is 3.25. The molecule has 4 nitrogen and oxygen atoms in total. The van der Waals surface area contributed by atoms with Gasteiger partial charge in [-0.15, -0.1) is 0 Å². The van der Waals surface area contributed by atoms with Crippen LogP contribution in [0.4, 0.5) is 5.82 Å². The number of rotatable bonds is 4. The molecule has 0 saturated heterocycles. The quantitative estimate of drug-likeness (QED) is 0.645. The lowest BCUT2D eigenvalue weighted by molar-refractivity contribution is 0.349. The molecule has 1 aromatic carbocycles. The topological polar surface area (TPSA) is 61.6 Å². The molecule has 2 aromatic rings. The van der Waals surface area contributed by atoms with Crippen LogP contribution in [0.3, 0.4) is 0 Å². The predicted octanol–water partition coefficient (Wildman–Crippen LogP) is 4.73. The minimum atomic E-state index is 0.374. The van der Waals surface area contributed by atoms with Crippen LogP contribution in [-0.4, -0.2) is 22.3 Å². The van der Waals surface area contributed by atoms with Crippen molar-refractivity contribution in [1.82, 2.24) is 9.97 Å². The first-order valence-corrected chi connectivity index (χ1v) is 9.63. The van der Waals surface area contributed by atoms with Gasteiger partial charge in [0.15, 0.2) is 5.16 Å². The van der Waals surface area contributed by atoms with Crippen molar-refractivity contribution < 1.29 is 0 Å². The van der Waals surface area contributed by atoms with Crippen molar-refractivity contribution in [3.8, 4) is 17.3 Å². The van der Waals surface area contributed by atoms with Crippen LogP contribution in [0.1, 0.15) is 38.2 Å². The first kappa shape index (κ1) is 16.8. The SMILES string of the molecule is CSc1nc(N[C@H]2CCCC[C@@H]2C)c(C#N)c(-c2ccccc2)n1. The van der Waals surface area contributed by atoms with E-state index in [-0.39, 0.29) is 0 Å². The van der Waals surface area contributed by atoms with Crippen LogP contribution in [0.2, 0.25) is 0 Å². The van der Waals surface area contributed by atoms with E-state index in [0.29, 0.717) is 34.2 Å². The molecule has 5 heteroatoms. The van der Waals surface area contributed by atoms with Gasteiger partial charge in [-0.05, 0) is 25.0 Å². The highest BCUT2D eigenvalue weighted by atomic mass is 32.2. The average molecular weight is 338 g/mol. The van der Waals surface area contributed by atoms with Crippen LogP contribution >= 0.6 is 11.8 Å². The molecule has 1 N–H and O–H groups in total. The molecule has 1 saturated carbocycles. The Labute approximate surface area is 147 Å². The highest BCUT2D eigenvalue weighted by Gasteiger charge is 2.24. The number of nitriles is 1. The molecule has 1 aliphatic carbocycles. The van der Waals surface area contributed by atoms with Crippen molar-refractivity contribution in [2.45, 2.75) is 43.8 Å². The molecule has 1 aromatic heterocycles. The third kappa shape index (κ3) is 3.54. The molecule has 1 aliphatic rings. The molecule has 0 radical (unpaired) electrons. The van der Waals surface area contributed by atoms with E-state index in [9.17, 15) is 5.26 Å². The van der Waals surface area contributed by atoms with E-state index in [1.807, 2.05) is 36.6 Å². The number of thioether (sulfide) groups is 1. The number of anilines is 1. The molecule has 2 atom stereocenters. The summed E-state index contributed by atoms with van der Waals surface area (Å²) in [5, 5.41) is 14.0. The number of hydrogen-bond donors (Lipinski definition) is 1. The van der Waals surface area contributed by atoms with E-state index in [2.05, 4.69) is 28.3 Å². The number of hydrogen-bond acceptors (Lipinski definition) is 5. The fourth-order valence-corrected chi connectivity index (χ4v) is 3.62. The van der Waals surface area contributed by atoms with Crippen LogP contribution in [0, 0.1) is 17.2 Å². The first-order valence-electron chi connectivity index (χ1n) is 8.41. The lowest BCUT2D eigenvalue weighted by Crippen LogP contribution is -2.31. The monoisotopic (exact) mass is 338 g/mol. The van der Waals surface area contributed by atoms with E-state index in [1.165, 1.54) is 31.0 Å². The standard InChI is InChI=1S/C19H22N4S/c1-13-8-6-7-11-16(13)21-18-15(12-20)17(22-19(23-18)24-2)14-9-4-3-5-10-14/h3-5,9-10,13,16H,6-8,11H2,1-2H3,(H,21,22,23)/t13-,16-/m0/s1. The Balaban J connectivity index is 2.03. The van der Waals surface area contributed by atoms with Crippen LogP contribution < -0.4 is 5.32 Å². The van der Waals surface area contributed by atoms with E-state index >= 15 is 0 Å². The Morgan fingerprint density at radius 1 is 1.17 bits per heavy atom. The van der Waals surface area contributed by atoms with Gasteiger partial charge in [0.1, 0.15) is 17.5 Å². The molecule has 124 valence electrons. The molecule has 0 bridgehead atoms. The summed E-state index contributed by atoms with van der Waals surface area (Å²) in [6.45, 7) is 2.28. The molecular formula is C19H22N4S. The molecule has 0 aliphatic heterocycles. The van der Waals surface area contributed by atoms with Crippen molar-refractivity contribution in [3.63, 3.8) is 0 Å². The maximum atomic E-state index is 9.74. The normalized spacial score (nSPS) is 20.4. The molecular weight excluding hydrogens is 316 g/mol. The van der Waals surface area contributed by atoms with Crippen molar-refractivity contribution in [3.05, 3.63) is 35.9 Å². The third-order valence-electron chi connectivity index (χ3n) is 4.66. The largest absolute Gasteiger partial charge is 0.366 e. The van der Waals surface area contributed by atoms with Gasteiger partial charge in [-0.2, -0.15) is 5.26 Å². The minimum absolute atomic E-state index is 0.374. The maximum Gasteiger partial charge on any atom is 0.189 e. The zero-order valence-electron chi connectivity index (χ0n) is 14.1. The molecule has 1 heterocycles. The zero-order chi connectivity index (χ0) is 16.9. The molecule has 24 heavy (non-hydrogen) atoms. The smallest absolute Gasteiger partial charge is 0.189 e. The summed E-state index contributed by atoms with van der Waals surface area (Å²) in [5.74, 6) is 1.27. The number of benzene rings is 1. The Kier molecular flexibility index (Phi) is 5.37. The Morgan fingerprint density at radius 3 is 2.58 bits per heavy atom. The van der Waals surface area contributed by atoms with Gasteiger partial charge >= 0.3 is 0 Å². The predicted molar refractivity (Wildman–Crippen MR) is 99.0 cm³/mol. The lowest BCUT2D eigenvalue weighted by Gasteiger charge is -2.30. The second kappa shape index (κ2) is 7.67. The summed E-state index contributed by atoms with van der Waals surface area (Å²) in [5.41, 5.74) is 2.20. The molecule has 0 amide bonds. The number of nitrogens with zero attached hydrogens (tertiary/aromatic N) is 3. The van der Waals surface area contributed by atoms with E-state index in [4.69, 9.17) is 0 Å². The summed E-state index contributed by atoms with van der Waals surface area (Å²) in [7, 11) is 0. The van der Waals surface area contributed by atoms with Crippen LogP contribution in [0.5, 0.6) is 0 Å². The summed E-state index contributed by atoms with van der Waals surface area (Å²) < 4.78 is 0. The Morgan fingerprint density at radius 2 is 1.92 bits per heavy atom. The van der Waals surface area contributed by atoms with Gasteiger partial charge in [0.05, 0.1) is 5.69 Å². The second-order valence-electron chi connectivity index (χ2n) is 6.27. The van der Waals surface area contributed by atoms with Gasteiger partial charge in [0.25, 0.3) is 0 Å². The summed E-state index contributed by atoms with van der Waals surface area (Å²) >= 11 is 1.50. The van der Waals surface area contributed by atoms with Crippen molar-refractivity contribution in [2.75, 3.05) is 11.6 Å².